The Bertz CT molecular complexity index is 711. The Kier molecular flexibility index (Phi) is 11.1. The van der Waals surface area contributed by atoms with Gasteiger partial charge in [0.1, 0.15) is 12.1 Å². The average Bonchev–Trinajstić information content (AvgIpc) is 2.60. The molecule has 0 aromatic rings. The smallest absolute Gasteiger partial charge is 0.326 e. The van der Waals surface area contributed by atoms with Crippen LogP contribution in [0.5, 0.6) is 0 Å². The minimum Gasteiger partial charge on any atom is -0.481 e. The summed E-state index contributed by atoms with van der Waals surface area (Å²) in [4.78, 5) is 79.4. The van der Waals surface area contributed by atoms with Crippen LogP contribution < -0.4 is 33.2 Å². The molecule has 0 radical (unpaired) electrons. The third kappa shape index (κ3) is 11.2. The maximum Gasteiger partial charge on any atom is 0.326 e. The number of carbonyl (C=O) groups excluding carboxylic acids is 5. The number of hydrogen-bond acceptors (Lipinski definition) is 8. The summed E-state index contributed by atoms with van der Waals surface area (Å²) in [6.45, 7) is -0.710. The van der Waals surface area contributed by atoms with Gasteiger partial charge < -0.3 is 43.4 Å². The topological polar surface area (TPSA) is 274 Å². The molecule has 0 fully saturated rings. The van der Waals surface area contributed by atoms with Gasteiger partial charge in [0.05, 0.1) is 25.4 Å². The summed E-state index contributed by atoms with van der Waals surface area (Å²) in [6, 6.07) is -4.54. The van der Waals surface area contributed by atoms with E-state index < -0.39 is 79.0 Å². The van der Waals surface area contributed by atoms with E-state index in [-0.39, 0.29) is 12.8 Å². The zero-order valence-corrected chi connectivity index (χ0v) is 15.8. The van der Waals surface area contributed by atoms with Gasteiger partial charge in [0.25, 0.3) is 0 Å². The lowest BCUT2D eigenvalue weighted by Gasteiger charge is -2.20. The molecule has 0 aliphatic rings. The van der Waals surface area contributed by atoms with Crippen LogP contribution in [0.2, 0.25) is 0 Å². The highest BCUT2D eigenvalue weighted by Crippen LogP contribution is 2.01. The van der Waals surface area contributed by atoms with Crippen molar-refractivity contribution < 1.29 is 43.8 Å². The van der Waals surface area contributed by atoms with E-state index in [1.807, 2.05) is 10.6 Å². The molecule has 3 unspecified atom stereocenters. The Hall–Kier alpha value is -3.75. The molecule has 0 rings (SSSR count). The van der Waals surface area contributed by atoms with Crippen molar-refractivity contribution in [2.45, 2.75) is 43.8 Å². The molecule has 0 aromatic heterocycles. The number of carboxylic acid groups (broad SMARTS) is 2. The number of hydrogen-bond donors (Lipinski definition) is 8. The maximum absolute atomic E-state index is 12.2. The van der Waals surface area contributed by atoms with Crippen molar-refractivity contribution in [2.24, 2.45) is 17.2 Å². The van der Waals surface area contributed by atoms with E-state index in [0.717, 1.165) is 0 Å². The molecule has 15 nitrogen and oxygen atoms in total. The SMILES string of the molecule is NC(=O)CCC(NC(=O)C(CC(=O)O)NC(=O)CNC(=O)C(N)CC(N)=O)C(=O)O. The summed E-state index contributed by atoms with van der Waals surface area (Å²) in [5, 5.41) is 24.1. The van der Waals surface area contributed by atoms with Gasteiger partial charge in [-0.3, -0.25) is 28.8 Å². The molecule has 0 bridgehead atoms. The molecule has 3 atom stereocenters. The van der Waals surface area contributed by atoms with Crippen molar-refractivity contribution in [1.82, 2.24) is 16.0 Å². The van der Waals surface area contributed by atoms with E-state index in [2.05, 4.69) is 5.32 Å². The highest BCUT2D eigenvalue weighted by Gasteiger charge is 2.28. The first-order chi connectivity index (χ1) is 13.8. The van der Waals surface area contributed by atoms with Crippen molar-refractivity contribution >= 4 is 41.5 Å². The number of nitrogens with two attached hydrogens (primary N) is 3. The molecule has 5 amide bonds. The summed E-state index contributed by atoms with van der Waals surface area (Å²) >= 11 is 0. The van der Waals surface area contributed by atoms with E-state index in [4.69, 9.17) is 27.4 Å². The van der Waals surface area contributed by atoms with Gasteiger partial charge in [-0.05, 0) is 6.42 Å². The molecule has 30 heavy (non-hydrogen) atoms. The zero-order valence-electron chi connectivity index (χ0n) is 15.8. The molecule has 168 valence electrons. The predicted octanol–water partition coefficient (Wildman–Crippen LogP) is -4.90. The summed E-state index contributed by atoms with van der Waals surface area (Å²) in [6.07, 6.45) is -2.07. The zero-order chi connectivity index (χ0) is 23.4. The molecule has 0 aromatic carbocycles. The van der Waals surface area contributed by atoms with E-state index in [0.29, 0.717) is 0 Å². The molecule has 0 aliphatic carbocycles. The quantitative estimate of drug-likeness (QED) is 0.129. The summed E-state index contributed by atoms with van der Waals surface area (Å²) in [7, 11) is 0. The lowest BCUT2D eigenvalue weighted by molar-refractivity contribution is -0.143. The Balaban J connectivity index is 4.94. The second-order valence-electron chi connectivity index (χ2n) is 6.12. The van der Waals surface area contributed by atoms with Gasteiger partial charge in [-0.15, -0.1) is 0 Å². The van der Waals surface area contributed by atoms with Gasteiger partial charge in [0, 0.05) is 6.42 Å². The minimum atomic E-state index is -1.68. The molecular weight excluding hydrogens is 408 g/mol. The molecule has 0 aliphatic heterocycles. The second-order valence-corrected chi connectivity index (χ2v) is 6.12. The van der Waals surface area contributed by atoms with Gasteiger partial charge in [0.2, 0.25) is 29.5 Å². The van der Waals surface area contributed by atoms with Crippen LogP contribution in [0.4, 0.5) is 0 Å². The number of aliphatic carboxylic acids is 2. The fraction of sp³-hybridized carbons (Fsp3) is 0.533. The van der Waals surface area contributed by atoms with E-state index in [9.17, 15) is 33.6 Å². The van der Waals surface area contributed by atoms with Gasteiger partial charge in [-0.25, -0.2) is 4.79 Å². The van der Waals surface area contributed by atoms with Crippen LogP contribution in [-0.4, -0.2) is 76.4 Å². The van der Waals surface area contributed by atoms with Gasteiger partial charge >= 0.3 is 11.9 Å². The van der Waals surface area contributed by atoms with Gasteiger partial charge in [0.15, 0.2) is 0 Å². The van der Waals surface area contributed by atoms with Gasteiger partial charge in [-0.2, -0.15) is 0 Å². The number of primary amides is 2. The lowest BCUT2D eigenvalue weighted by atomic mass is 10.1. The highest BCUT2D eigenvalue weighted by molar-refractivity contribution is 5.95. The number of amides is 5. The maximum atomic E-state index is 12.2. The minimum absolute atomic E-state index is 0.349. The highest BCUT2D eigenvalue weighted by atomic mass is 16.4. The van der Waals surface area contributed by atoms with Crippen LogP contribution in [0, 0.1) is 0 Å². The fourth-order valence-electron chi connectivity index (χ4n) is 2.05. The fourth-order valence-corrected chi connectivity index (χ4v) is 2.05. The van der Waals surface area contributed by atoms with E-state index >= 15 is 0 Å². The van der Waals surface area contributed by atoms with Crippen LogP contribution in [0.15, 0.2) is 0 Å². The number of carbonyl (C=O) groups is 7. The predicted molar refractivity (Wildman–Crippen MR) is 97.0 cm³/mol. The van der Waals surface area contributed by atoms with Crippen LogP contribution in [0.3, 0.4) is 0 Å². The molecule has 0 spiro atoms. The third-order valence-corrected chi connectivity index (χ3v) is 3.51. The second kappa shape index (κ2) is 12.7. The third-order valence-electron chi connectivity index (χ3n) is 3.51. The lowest BCUT2D eigenvalue weighted by Crippen LogP contribution is -2.54. The van der Waals surface area contributed by atoms with Crippen LogP contribution in [0.25, 0.3) is 0 Å². The van der Waals surface area contributed by atoms with Crippen molar-refractivity contribution in [2.75, 3.05) is 6.54 Å². The van der Waals surface area contributed by atoms with Crippen molar-refractivity contribution in [1.29, 1.82) is 0 Å². The molecule has 0 saturated carbocycles. The summed E-state index contributed by atoms with van der Waals surface area (Å²) in [5.74, 6) is -7.64. The number of nitrogens with one attached hydrogen (secondary N) is 3. The Labute approximate surface area is 169 Å². The van der Waals surface area contributed by atoms with E-state index in [1.165, 1.54) is 0 Å². The largest absolute Gasteiger partial charge is 0.481 e. The van der Waals surface area contributed by atoms with Crippen molar-refractivity contribution in [3.05, 3.63) is 0 Å². The molecule has 15 heteroatoms. The average molecular weight is 432 g/mol. The van der Waals surface area contributed by atoms with Crippen LogP contribution in [0.1, 0.15) is 25.7 Å². The van der Waals surface area contributed by atoms with E-state index in [1.54, 1.807) is 0 Å². The Morgan fingerprint density at radius 1 is 0.800 bits per heavy atom. The summed E-state index contributed by atoms with van der Waals surface area (Å²) in [5.41, 5.74) is 15.2. The van der Waals surface area contributed by atoms with Crippen molar-refractivity contribution in [3.8, 4) is 0 Å². The standard InChI is InChI=1S/C15H24N6O9/c16-6(3-10(18)23)13(27)19-5-11(24)20-8(4-12(25)26)14(28)21-7(15(29)30)1-2-9(17)22/h6-8H,1-5,16H2,(H2,17,22)(H2,18,23)(H,19,27)(H,20,24)(H,21,28)(H,25,26)(H,29,30). The molecule has 0 saturated heterocycles. The van der Waals surface area contributed by atoms with Gasteiger partial charge in [-0.1, -0.05) is 0 Å². The molecule has 0 heterocycles. The van der Waals surface area contributed by atoms with Crippen LogP contribution in [-0.2, 0) is 33.6 Å². The Morgan fingerprint density at radius 2 is 1.40 bits per heavy atom. The van der Waals surface area contributed by atoms with Crippen molar-refractivity contribution in [3.63, 3.8) is 0 Å². The number of rotatable bonds is 14. The number of carboxylic acids is 2. The monoisotopic (exact) mass is 432 g/mol. The first-order valence-corrected chi connectivity index (χ1v) is 8.47. The van der Waals surface area contributed by atoms with Crippen LogP contribution >= 0.6 is 0 Å². The Morgan fingerprint density at radius 3 is 1.87 bits per heavy atom. The molecule has 11 N–H and O–H groups in total. The molecular formula is C15H24N6O9. The first kappa shape index (κ1) is 26.2. The first-order valence-electron chi connectivity index (χ1n) is 8.47. The summed E-state index contributed by atoms with van der Waals surface area (Å²) < 4.78 is 0. The normalized spacial score (nSPS) is 13.2.